The van der Waals surface area contributed by atoms with Crippen LogP contribution in [-0.4, -0.2) is 71.0 Å². The smallest absolute Gasteiger partial charge is 0.321 e. The number of nitrogens with zero attached hydrogens (tertiary/aromatic N) is 4. The number of piperazine rings is 1. The van der Waals surface area contributed by atoms with Crippen LogP contribution in [0.25, 0.3) is 5.65 Å². The van der Waals surface area contributed by atoms with E-state index in [0.717, 1.165) is 0 Å². The first kappa shape index (κ1) is 21.2. The lowest BCUT2D eigenvalue weighted by atomic mass is 10.3. The summed E-state index contributed by atoms with van der Waals surface area (Å²) in [6, 6.07) is 12.2. The van der Waals surface area contributed by atoms with Crippen molar-refractivity contribution in [1.29, 1.82) is 0 Å². The molecule has 166 valence electrons. The SMILES string of the molecule is COc1cccc(NC(=O)N2CCN(C(=O)CNc3cnc4ccccn4c3=O)CC2)c1. The molecule has 0 bridgehead atoms. The molecule has 0 saturated carbocycles. The summed E-state index contributed by atoms with van der Waals surface area (Å²) >= 11 is 0. The number of urea groups is 1. The first-order valence-corrected chi connectivity index (χ1v) is 10.2. The molecule has 1 fully saturated rings. The van der Waals surface area contributed by atoms with Crippen LogP contribution in [0.3, 0.4) is 0 Å². The predicted octanol–water partition coefficient (Wildman–Crippen LogP) is 1.49. The molecule has 4 rings (SSSR count). The quantitative estimate of drug-likeness (QED) is 0.628. The maximum Gasteiger partial charge on any atom is 0.321 e. The topological polar surface area (TPSA) is 108 Å². The number of aromatic nitrogens is 2. The van der Waals surface area contributed by atoms with E-state index < -0.39 is 0 Å². The standard InChI is InChI=1S/C22H24N6O4/c1-32-17-6-4-5-16(13-17)25-22(31)27-11-9-26(10-12-27)20(29)15-23-18-14-24-19-7-2-3-8-28(19)21(18)30/h2-8,13-14,23H,9-12,15H2,1H3,(H,25,31). The zero-order chi connectivity index (χ0) is 22.5. The number of fused-ring (bicyclic) bond motifs is 1. The Morgan fingerprint density at radius 1 is 1.06 bits per heavy atom. The number of ether oxygens (including phenoxy) is 1. The van der Waals surface area contributed by atoms with Gasteiger partial charge in [-0.05, 0) is 24.3 Å². The third-order valence-corrected chi connectivity index (χ3v) is 5.28. The Hall–Kier alpha value is -4.08. The van der Waals surface area contributed by atoms with Crippen LogP contribution in [0.5, 0.6) is 5.75 Å². The van der Waals surface area contributed by atoms with E-state index in [1.54, 1.807) is 65.6 Å². The number of pyridine rings is 1. The van der Waals surface area contributed by atoms with E-state index in [-0.39, 0.29) is 29.7 Å². The van der Waals surface area contributed by atoms with Gasteiger partial charge in [-0.25, -0.2) is 9.78 Å². The summed E-state index contributed by atoms with van der Waals surface area (Å²) in [6.07, 6.45) is 3.07. The highest BCUT2D eigenvalue weighted by Gasteiger charge is 2.24. The second-order valence-electron chi connectivity index (χ2n) is 7.29. The second-order valence-corrected chi connectivity index (χ2v) is 7.29. The highest BCUT2D eigenvalue weighted by Crippen LogP contribution is 2.17. The molecule has 32 heavy (non-hydrogen) atoms. The van der Waals surface area contributed by atoms with Crippen LogP contribution in [0.4, 0.5) is 16.2 Å². The Bertz CT molecular complexity index is 1190. The van der Waals surface area contributed by atoms with E-state index in [2.05, 4.69) is 15.6 Å². The monoisotopic (exact) mass is 436 g/mol. The van der Waals surface area contributed by atoms with Crippen molar-refractivity contribution < 1.29 is 14.3 Å². The average molecular weight is 436 g/mol. The first-order chi connectivity index (χ1) is 15.5. The van der Waals surface area contributed by atoms with Crippen LogP contribution in [0, 0.1) is 0 Å². The molecule has 3 amide bonds. The van der Waals surface area contributed by atoms with E-state index in [9.17, 15) is 14.4 Å². The summed E-state index contributed by atoms with van der Waals surface area (Å²) in [7, 11) is 1.57. The Morgan fingerprint density at radius 2 is 1.84 bits per heavy atom. The van der Waals surface area contributed by atoms with Crippen molar-refractivity contribution in [2.75, 3.05) is 50.5 Å². The number of rotatable bonds is 5. The fourth-order valence-electron chi connectivity index (χ4n) is 3.49. The van der Waals surface area contributed by atoms with Gasteiger partial charge in [-0.2, -0.15) is 0 Å². The number of benzene rings is 1. The van der Waals surface area contributed by atoms with Crippen molar-refractivity contribution >= 4 is 29.0 Å². The molecule has 1 aliphatic rings. The number of carbonyl (C=O) groups excluding carboxylic acids is 2. The summed E-state index contributed by atoms with van der Waals surface area (Å²) in [4.78, 5) is 45.2. The largest absolute Gasteiger partial charge is 0.497 e. The molecule has 0 radical (unpaired) electrons. The van der Waals surface area contributed by atoms with Crippen molar-refractivity contribution in [3.8, 4) is 5.75 Å². The van der Waals surface area contributed by atoms with Gasteiger partial charge in [-0.1, -0.05) is 12.1 Å². The van der Waals surface area contributed by atoms with Gasteiger partial charge in [-0.15, -0.1) is 0 Å². The Balaban J connectivity index is 1.28. The van der Waals surface area contributed by atoms with Crippen LogP contribution in [-0.2, 0) is 4.79 Å². The Morgan fingerprint density at radius 3 is 2.62 bits per heavy atom. The highest BCUT2D eigenvalue weighted by molar-refractivity contribution is 5.90. The van der Waals surface area contributed by atoms with Gasteiger partial charge in [-0.3, -0.25) is 14.0 Å². The van der Waals surface area contributed by atoms with E-state index in [0.29, 0.717) is 43.3 Å². The molecular formula is C22H24N6O4. The van der Waals surface area contributed by atoms with Crippen LogP contribution < -0.4 is 20.9 Å². The maximum atomic E-state index is 12.6. The zero-order valence-electron chi connectivity index (χ0n) is 17.7. The minimum Gasteiger partial charge on any atom is -0.497 e. The van der Waals surface area contributed by atoms with Gasteiger partial charge in [0.1, 0.15) is 17.1 Å². The molecule has 0 aliphatic carbocycles. The van der Waals surface area contributed by atoms with Crippen molar-refractivity contribution in [2.24, 2.45) is 0 Å². The molecule has 0 unspecified atom stereocenters. The number of carbonyl (C=O) groups is 2. The average Bonchev–Trinajstić information content (AvgIpc) is 2.84. The van der Waals surface area contributed by atoms with E-state index in [1.165, 1.54) is 10.6 Å². The minimum absolute atomic E-state index is 0.0220. The molecular weight excluding hydrogens is 412 g/mol. The number of hydrogen-bond acceptors (Lipinski definition) is 6. The predicted molar refractivity (Wildman–Crippen MR) is 120 cm³/mol. The fraction of sp³-hybridized carbons (Fsp3) is 0.273. The number of amides is 3. The number of nitrogens with one attached hydrogen (secondary N) is 2. The minimum atomic E-state index is -0.262. The lowest BCUT2D eigenvalue weighted by Gasteiger charge is -2.34. The van der Waals surface area contributed by atoms with Gasteiger partial charge in [0.2, 0.25) is 5.91 Å². The molecule has 10 heteroatoms. The van der Waals surface area contributed by atoms with Gasteiger partial charge in [0.25, 0.3) is 5.56 Å². The molecule has 10 nitrogen and oxygen atoms in total. The molecule has 2 N–H and O–H groups in total. The van der Waals surface area contributed by atoms with Crippen LogP contribution >= 0.6 is 0 Å². The lowest BCUT2D eigenvalue weighted by Crippen LogP contribution is -2.52. The molecule has 1 aliphatic heterocycles. The van der Waals surface area contributed by atoms with E-state index >= 15 is 0 Å². The van der Waals surface area contributed by atoms with Gasteiger partial charge < -0.3 is 25.2 Å². The third-order valence-electron chi connectivity index (χ3n) is 5.28. The Labute approximate surface area is 184 Å². The van der Waals surface area contributed by atoms with Crippen molar-refractivity contribution in [1.82, 2.24) is 19.2 Å². The summed E-state index contributed by atoms with van der Waals surface area (Å²) < 4.78 is 6.59. The summed E-state index contributed by atoms with van der Waals surface area (Å²) in [5.41, 5.74) is 1.19. The molecule has 0 spiro atoms. The molecule has 0 atom stereocenters. The number of anilines is 2. The van der Waals surface area contributed by atoms with Gasteiger partial charge >= 0.3 is 6.03 Å². The molecule has 2 aromatic heterocycles. The van der Waals surface area contributed by atoms with Crippen LogP contribution in [0.2, 0.25) is 0 Å². The maximum absolute atomic E-state index is 12.6. The molecule has 1 saturated heterocycles. The summed E-state index contributed by atoms with van der Waals surface area (Å²) in [5, 5.41) is 5.73. The molecule has 3 aromatic rings. The van der Waals surface area contributed by atoms with Gasteiger partial charge in [0.15, 0.2) is 0 Å². The first-order valence-electron chi connectivity index (χ1n) is 10.2. The molecule has 3 heterocycles. The highest BCUT2D eigenvalue weighted by atomic mass is 16.5. The van der Waals surface area contributed by atoms with E-state index in [1.807, 2.05) is 0 Å². The third kappa shape index (κ3) is 4.64. The zero-order valence-corrected chi connectivity index (χ0v) is 17.7. The van der Waals surface area contributed by atoms with Crippen LogP contribution in [0.1, 0.15) is 0 Å². The van der Waals surface area contributed by atoms with Gasteiger partial charge in [0.05, 0.1) is 19.9 Å². The fourth-order valence-corrected chi connectivity index (χ4v) is 3.49. The molecule has 1 aromatic carbocycles. The Kier molecular flexibility index (Phi) is 6.20. The number of methoxy groups -OCH3 is 1. The van der Waals surface area contributed by atoms with E-state index in [4.69, 9.17) is 4.74 Å². The number of hydrogen-bond donors (Lipinski definition) is 2. The summed E-state index contributed by atoms with van der Waals surface area (Å²) in [6.45, 7) is 1.65. The normalized spacial score (nSPS) is 13.7. The second kappa shape index (κ2) is 9.38. The van der Waals surface area contributed by atoms with Gasteiger partial charge in [0, 0.05) is 44.1 Å². The lowest BCUT2D eigenvalue weighted by molar-refractivity contribution is -0.130. The van der Waals surface area contributed by atoms with Crippen LogP contribution in [0.15, 0.2) is 59.7 Å². The van der Waals surface area contributed by atoms with Crippen molar-refractivity contribution in [3.05, 3.63) is 65.2 Å². The summed E-state index contributed by atoms with van der Waals surface area (Å²) in [5.74, 6) is 0.516. The van der Waals surface area contributed by atoms with Crippen molar-refractivity contribution in [2.45, 2.75) is 0 Å². The van der Waals surface area contributed by atoms with Crippen molar-refractivity contribution in [3.63, 3.8) is 0 Å².